The molecule has 4 N–H and O–H groups in total. The van der Waals surface area contributed by atoms with E-state index >= 15 is 0 Å². The summed E-state index contributed by atoms with van der Waals surface area (Å²) in [5.74, 6) is -0.482. The van der Waals surface area contributed by atoms with Gasteiger partial charge in [0.05, 0.1) is 0 Å². The Balaban J connectivity index is 2.74. The molecule has 1 rings (SSSR count). The maximum absolute atomic E-state index is 12.2. The number of anilines is 2. The van der Waals surface area contributed by atoms with Gasteiger partial charge in [-0.25, -0.2) is 4.79 Å². The molecule has 0 aromatic heterocycles. The molecule has 0 fully saturated rings. The molecule has 1 aromatic carbocycles. The lowest BCUT2D eigenvalue weighted by Crippen LogP contribution is -2.51. The summed E-state index contributed by atoms with van der Waals surface area (Å²) in [5.41, 5.74) is 1.82. The van der Waals surface area contributed by atoms with Crippen molar-refractivity contribution in [2.75, 3.05) is 10.6 Å². The molecule has 1 atom stereocenters. The summed E-state index contributed by atoms with van der Waals surface area (Å²) in [6, 6.07) is 4.28. The van der Waals surface area contributed by atoms with Gasteiger partial charge in [-0.15, -0.1) is 0 Å². The first-order valence-corrected chi connectivity index (χ1v) is 8.82. The van der Waals surface area contributed by atoms with Crippen molar-refractivity contribution in [1.82, 2.24) is 10.6 Å². The minimum atomic E-state index is -0.624. The quantitative estimate of drug-likeness (QED) is 0.624. The second-order valence-electron chi connectivity index (χ2n) is 7.34. The van der Waals surface area contributed by atoms with Crippen molar-refractivity contribution >= 4 is 29.2 Å². The number of benzene rings is 1. The van der Waals surface area contributed by atoms with Crippen LogP contribution >= 0.6 is 0 Å². The molecular formula is C19H30N4O3. The number of nitrogens with one attached hydrogen (secondary N) is 4. The minimum Gasteiger partial charge on any atom is -0.374 e. The van der Waals surface area contributed by atoms with E-state index in [0.29, 0.717) is 12.1 Å². The molecule has 1 aromatic rings. The highest BCUT2D eigenvalue weighted by Gasteiger charge is 2.20. The molecule has 7 nitrogen and oxygen atoms in total. The molecule has 0 saturated heterocycles. The summed E-state index contributed by atoms with van der Waals surface area (Å²) >= 11 is 0. The Morgan fingerprint density at radius 3 is 2.31 bits per heavy atom. The predicted molar refractivity (Wildman–Crippen MR) is 104 cm³/mol. The molecule has 0 spiro atoms. The van der Waals surface area contributed by atoms with E-state index in [1.165, 1.54) is 0 Å². The number of urea groups is 1. The highest BCUT2D eigenvalue weighted by molar-refractivity contribution is 5.98. The molecule has 144 valence electrons. The highest BCUT2D eigenvalue weighted by atomic mass is 16.2. The van der Waals surface area contributed by atoms with Gasteiger partial charge in [0.1, 0.15) is 6.04 Å². The summed E-state index contributed by atoms with van der Waals surface area (Å²) < 4.78 is 0. The summed E-state index contributed by atoms with van der Waals surface area (Å²) in [7, 11) is 0. The van der Waals surface area contributed by atoms with E-state index in [4.69, 9.17) is 0 Å². The van der Waals surface area contributed by atoms with E-state index < -0.39 is 23.5 Å². The lowest BCUT2D eigenvalue weighted by atomic mass is 10.1. The van der Waals surface area contributed by atoms with Gasteiger partial charge in [0.15, 0.2) is 0 Å². The van der Waals surface area contributed by atoms with Crippen LogP contribution in [0.4, 0.5) is 16.2 Å². The largest absolute Gasteiger partial charge is 0.374 e. The Labute approximate surface area is 155 Å². The summed E-state index contributed by atoms with van der Waals surface area (Å²) in [6.45, 7) is 11.0. The van der Waals surface area contributed by atoms with Crippen LogP contribution in [0.5, 0.6) is 0 Å². The van der Waals surface area contributed by atoms with Crippen LogP contribution < -0.4 is 21.3 Å². The normalized spacial score (nSPS) is 12.1. The van der Waals surface area contributed by atoms with Crippen LogP contribution in [0.3, 0.4) is 0 Å². The molecular weight excluding hydrogens is 332 g/mol. The van der Waals surface area contributed by atoms with Gasteiger partial charge in [-0.1, -0.05) is 13.0 Å². The second-order valence-corrected chi connectivity index (χ2v) is 7.34. The highest BCUT2D eigenvalue weighted by Crippen LogP contribution is 2.24. The van der Waals surface area contributed by atoms with Crippen LogP contribution in [-0.4, -0.2) is 29.4 Å². The van der Waals surface area contributed by atoms with Gasteiger partial charge in [-0.3, -0.25) is 14.9 Å². The first-order valence-electron chi connectivity index (χ1n) is 8.82. The zero-order valence-electron chi connectivity index (χ0n) is 16.4. The van der Waals surface area contributed by atoms with Gasteiger partial charge < -0.3 is 16.0 Å². The zero-order valence-corrected chi connectivity index (χ0v) is 16.4. The molecule has 0 radical (unpaired) electrons. The first-order chi connectivity index (χ1) is 12.0. The molecule has 0 unspecified atom stereocenters. The maximum Gasteiger partial charge on any atom is 0.321 e. The maximum atomic E-state index is 12.2. The average Bonchev–Trinajstić information content (AvgIpc) is 2.49. The number of carbonyl (C=O) groups is 3. The Morgan fingerprint density at radius 2 is 1.73 bits per heavy atom. The summed E-state index contributed by atoms with van der Waals surface area (Å²) in [6.07, 6.45) is 1.23. The van der Waals surface area contributed by atoms with Crippen LogP contribution in [0.25, 0.3) is 0 Å². The molecule has 0 saturated carbocycles. The van der Waals surface area contributed by atoms with Crippen molar-refractivity contribution in [1.29, 1.82) is 0 Å². The van der Waals surface area contributed by atoms with Crippen LogP contribution in [0.1, 0.15) is 53.0 Å². The SMILES string of the molecule is CCCC(=O)Nc1cccc(N[C@@H](C)C(=O)NC(=O)NC(C)(C)C)c1C. The summed E-state index contributed by atoms with van der Waals surface area (Å²) in [4.78, 5) is 35.8. The van der Waals surface area contributed by atoms with Crippen molar-refractivity contribution in [3.8, 4) is 0 Å². The van der Waals surface area contributed by atoms with Crippen molar-refractivity contribution in [2.24, 2.45) is 0 Å². The molecule has 0 aliphatic rings. The van der Waals surface area contributed by atoms with Crippen LogP contribution in [0, 0.1) is 6.92 Å². The number of amides is 4. The van der Waals surface area contributed by atoms with Crippen molar-refractivity contribution in [3.05, 3.63) is 23.8 Å². The van der Waals surface area contributed by atoms with Crippen molar-refractivity contribution in [3.63, 3.8) is 0 Å². The van der Waals surface area contributed by atoms with Gasteiger partial charge in [0, 0.05) is 23.3 Å². The second kappa shape index (κ2) is 9.22. The first kappa shape index (κ1) is 21.5. The van der Waals surface area contributed by atoms with Crippen LogP contribution in [0.2, 0.25) is 0 Å². The Bertz CT molecular complexity index is 665. The van der Waals surface area contributed by atoms with E-state index in [0.717, 1.165) is 17.7 Å². The number of hydrogen-bond acceptors (Lipinski definition) is 4. The van der Waals surface area contributed by atoms with E-state index in [2.05, 4.69) is 21.3 Å². The number of hydrogen-bond donors (Lipinski definition) is 4. The van der Waals surface area contributed by atoms with Gasteiger partial charge >= 0.3 is 6.03 Å². The minimum absolute atomic E-state index is 0.0441. The third-order valence-corrected chi connectivity index (χ3v) is 3.58. The molecule has 7 heteroatoms. The van der Waals surface area contributed by atoms with Crippen molar-refractivity contribution < 1.29 is 14.4 Å². The van der Waals surface area contributed by atoms with Gasteiger partial charge in [0.25, 0.3) is 0 Å². The fourth-order valence-electron chi connectivity index (χ4n) is 2.26. The molecule has 0 heterocycles. The lowest BCUT2D eigenvalue weighted by Gasteiger charge is -2.22. The monoisotopic (exact) mass is 362 g/mol. The Hall–Kier alpha value is -2.57. The van der Waals surface area contributed by atoms with E-state index in [9.17, 15) is 14.4 Å². The number of imide groups is 1. The summed E-state index contributed by atoms with van der Waals surface area (Å²) in [5, 5.41) is 10.9. The third kappa shape index (κ3) is 7.13. The Morgan fingerprint density at radius 1 is 1.12 bits per heavy atom. The fraction of sp³-hybridized carbons (Fsp3) is 0.526. The van der Waals surface area contributed by atoms with E-state index in [1.54, 1.807) is 13.0 Å². The standard InChI is InChI=1S/C19H30N4O3/c1-7-9-16(24)21-15-11-8-10-14(12(15)2)20-13(3)17(25)22-18(26)23-19(4,5)6/h8,10-11,13,20H,7,9H2,1-6H3,(H,21,24)(H2,22,23,25,26)/t13-/m0/s1. The fourth-order valence-corrected chi connectivity index (χ4v) is 2.26. The smallest absolute Gasteiger partial charge is 0.321 e. The third-order valence-electron chi connectivity index (χ3n) is 3.58. The number of carbonyl (C=O) groups excluding carboxylic acids is 3. The molecule has 4 amide bonds. The van der Waals surface area contributed by atoms with Crippen molar-refractivity contribution in [2.45, 2.75) is 66.0 Å². The van der Waals surface area contributed by atoms with E-state index in [1.807, 2.05) is 46.8 Å². The van der Waals surface area contributed by atoms with E-state index in [-0.39, 0.29) is 5.91 Å². The zero-order chi connectivity index (χ0) is 19.9. The average molecular weight is 362 g/mol. The van der Waals surface area contributed by atoms with Gasteiger partial charge in [0.2, 0.25) is 11.8 Å². The topological polar surface area (TPSA) is 99.3 Å². The molecule has 26 heavy (non-hydrogen) atoms. The van der Waals surface area contributed by atoms with Crippen LogP contribution in [0.15, 0.2) is 18.2 Å². The molecule has 0 bridgehead atoms. The molecule has 0 aliphatic carbocycles. The van der Waals surface area contributed by atoms with Gasteiger partial charge in [-0.2, -0.15) is 0 Å². The lowest BCUT2D eigenvalue weighted by molar-refractivity contribution is -0.120. The van der Waals surface area contributed by atoms with Crippen LogP contribution in [-0.2, 0) is 9.59 Å². The Kier molecular flexibility index (Phi) is 7.61. The predicted octanol–water partition coefficient (Wildman–Crippen LogP) is 3.16. The number of rotatable bonds is 6. The molecule has 0 aliphatic heterocycles. The van der Waals surface area contributed by atoms with Gasteiger partial charge in [-0.05, 0) is 58.7 Å².